The van der Waals surface area contributed by atoms with Crippen LogP contribution in [0.25, 0.3) is 24.3 Å². The molecular formula is C57H47N10O24S6+. The van der Waals surface area contributed by atoms with Crippen LogP contribution in [0.1, 0.15) is 43.7 Å². The summed E-state index contributed by atoms with van der Waals surface area (Å²) in [5, 5.41) is 64.3. The van der Waals surface area contributed by atoms with E-state index in [-0.39, 0.29) is 61.6 Å². The third kappa shape index (κ3) is 27.5. The predicted octanol–water partition coefficient (Wildman–Crippen LogP) is 11.8. The van der Waals surface area contributed by atoms with Crippen LogP contribution in [0.4, 0.5) is 51.2 Å². The molecule has 6 N–H and O–H groups in total. The number of nitrogens with zero attached hydrogens (tertiary/aromatic N) is 10. The SMILES string of the molecule is CN=[N+](O)c1ccc(/C=C/c2ccc(N=Nc3ccc(N=Nc4ccc(O)c(OC=O)c4)cc3)cc2S(=O)(=O)O)cc1.Cc1ccc(/C=C/c2ccc(N=Nc3ccc(N=Nc4ccc(C)c(C(=O)O)c4)c(S(=O)(=O)O)c3)cc2)c(S(=O)(=O)O)c1.O=S(=O)=O.O=S(=O)=O.O=S(=O)=O. The number of hydrogen-bond donors (Lipinski definition) is 6. The second-order valence-corrected chi connectivity index (χ2v) is 23.7. The predicted molar refractivity (Wildman–Crippen MR) is 339 cm³/mol. The maximum atomic E-state index is 12.1. The van der Waals surface area contributed by atoms with Crippen molar-refractivity contribution < 1.29 is 111 Å². The quantitative estimate of drug-likeness (QED) is 0.0109. The van der Waals surface area contributed by atoms with Crippen LogP contribution in [0, 0.1) is 13.8 Å². The Kier molecular flexibility index (Phi) is 29.5. The number of carbonyl (C=O) groups is 2. The number of aromatic hydroxyl groups is 1. The number of benzene rings is 8. The normalized spacial score (nSPS) is 11.6. The molecule has 0 aliphatic heterocycles. The van der Waals surface area contributed by atoms with Gasteiger partial charge in [0.2, 0.25) is 0 Å². The minimum atomic E-state index is -4.73. The highest BCUT2D eigenvalue weighted by Gasteiger charge is 2.19. The smallest absolute Gasteiger partial charge is 0.425 e. The van der Waals surface area contributed by atoms with Crippen molar-refractivity contribution in [3.63, 3.8) is 0 Å². The molecule has 0 spiro atoms. The molecule has 0 heterocycles. The molecule has 0 unspecified atom stereocenters. The third-order valence-corrected chi connectivity index (χ3v) is 14.3. The number of hydrogen-bond acceptors (Lipinski definition) is 28. The van der Waals surface area contributed by atoms with Crippen LogP contribution in [0.2, 0.25) is 0 Å². The Morgan fingerprint density at radius 2 is 0.814 bits per heavy atom. The van der Waals surface area contributed by atoms with Crippen LogP contribution in [-0.4, -0.2) is 117 Å². The fourth-order valence-electron chi connectivity index (χ4n) is 7.32. The lowest BCUT2D eigenvalue weighted by Crippen LogP contribution is -2.01. The standard InChI is InChI=1S/C29H24N4O8S2.C28H22N6O7S.3O3S/c1-18-3-8-21(27(15-18)42(36,37)38)9-5-20-6-11-22(12-7-20)30-31-24-13-14-26(28(17-24)43(39,40)41)33-32-23-10-4-19(2)25(16-23)29(34)35;1-29-34(37)25-13-3-19(4-14-25)2-5-20-6-7-24(17-28(20)42(38,39)40)33-31-22-10-8-21(9-11-22)30-32-23-12-15-26(36)27(16-23)41-18-35;3*1-4(2)3/h3-17H,1-2H3,(H,34,35)(H,36,37,38)(H,39,40,41);2-18H,1H3,(H2-,29,30,33,36,37,38,39,40);;;/p+1/b9-5+,31-30?,33-32?;;;;. The van der Waals surface area contributed by atoms with Crippen molar-refractivity contribution >= 4 is 150 Å². The molecule has 34 nitrogen and oxygen atoms in total. The van der Waals surface area contributed by atoms with E-state index < -0.39 is 73.0 Å². The lowest BCUT2D eigenvalue weighted by Gasteiger charge is -2.04. The number of aromatic carboxylic acids is 1. The van der Waals surface area contributed by atoms with Crippen molar-refractivity contribution in [1.29, 1.82) is 0 Å². The molecule has 0 saturated heterocycles. The highest BCUT2D eigenvalue weighted by Crippen LogP contribution is 2.34. The van der Waals surface area contributed by atoms with Gasteiger partial charge in [-0.3, -0.25) is 23.7 Å². The molecule has 0 radical (unpaired) electrons. The van der Waals surface area contributed by atoms with E-state index in [4.69, 9.17) is 37.9 Å². The molecule has 0 saturated carbocycles. The number of phenolic OH excluding ortho intramolecular Hbond substituents is 1. The summed E-state index contributed by atoms with van der Waals surface area (Å²) < 4.78 is 181. The highest BCUT2D eigenvalue weighted by atomic mass is 32.2. The first-order valence-electron chi connectivity index (χ1n) is 25.9. The van der Waals surface area contributed by atoms with Gasteiger partial charge in [-0.1, -0.05) is 60.7 Å². The van der Waals surface area contributed by atoms with Gasteiger partial charge in [0, 0.05) is 23.3 Å². The molecular weight excluding hydrogens is 1400 g/mol. The van der Waals surface area contributed by atoms with Crippen molar-refractivity contribution in [2.75, 3.05) is 7.05 Å². The second-order valence-electron chi connectivity index (χ2n) is 18.3. The topological polar surface area (TPSA) is 535 Å². The molecule has 40 heteroatoms. The maximum absolute atomic E-state index is 12.1. The lowest BCUT2D eigenvalue weighted by molar-refractivity contribution is -0.763. The van der Waals surface area contributed by atoms with E-state index in [9.17, 15) is 63.9 Å². The average Bonchev–Trinajstić information content (AvgIpc) is 0.840. The van der Waals surface area contributed by atoms with Gasteiger partial charge in [-0.25, -0.2) is 4.79 Å². The van der Waals surface area contributed by atoms with Crippen LogP contribution in [0.5, 0.6) is 11.5 Å². The molecule has 0 aromatic heterocycles. The molecule has 0 fully saturated rings. The van der Waals surface area contributed by atoms with E-state index in [2.05, 4.69) is 50.8 Å². The number of aryl methyl sites for hydroxylation is 2. The zero-order valence-corrected chi connectivity index (χ0v) is 54.3. The number of phenols is 1. The van der Waals surface area contributed by atoms with Gasteiger partial charge in [0.05, 0.1) is 52.4 Å². The number of carbonyl (C=O) groups excluding carboxylic acids is 1. The number of carboxylic acids is 1. The van der Waals surface area contributed by atoms with Crippen LogP contribution in [-0.2, 0) is 67.0 Å². The van der Waals surface area contributed by atoms with E-state index in [1.165, 1.54) is 79.9 Å². The van der Waals surface area contributed by atoms with Crippen LogP contribution < -0.4 is 4.74 Å². The minimum Gasteiger partial charge on any atom is -0.504 e. The number of ether oxygens (including phenoxy) is 1. The molecule has 0 bridgehead atoms. The first kappa shape index (κ1) is 77.8. The lowest BCUT2D eigenvalue weighted by atomic mass is 10.1. The van der Waals surface area contributed by atoms with E-state index >= 15 is 0 Å². The molecule has 504 valence electrons. The van der Waals surface area contributed by atoms with E-state index in [0.717, 1.165) is 16.5 Å². The fourth-order valence-corrected chi connectivity index (χ4v) is 9.43. The van der Waals surface area contributed by atoms with Gasteiger partial charge >= 0.3 is 37.8 Å². The Hall–Kier alpha value is -11.6. The fraction of sp³-hybridized carbons (Fsp3) is 0.0526. The summed E-state index contributed by atoms with van der Waals surface area (Å²) in [6.45, 7) is 3.53. The second kappa shape index (κ2) is 36.7. The Balaban J connectivity index is 0.000000353. The summed E-state index contributed by atoms with van der Waals surface area (Å²) in [6, 6.07) is 41.0. The number of azo groups is 5. The number of carboxylic acid groups (broad SMARTS) is 1. The summed E-state index contributed by atoms with van der Waals surface area (Å²) in [4.78, 5) is 21.5. The summed E-state index contributed by atoms with van der Waals surface area (Å²) in [5.41, 5.74) is 5.60. The Bertz CT molecular complexity index is 5090. The van der Waals surface area contributed by atoms with Crippen LogP contribution in [0.3, 0.4) is 0 Å². The van der Waals surface area contributed by atoms with Crippen LogP contribution >= 0.6 is 0 Å². The van der Waals surface area contributed by atoms with Gasteiger partial charge in [0.15, 0.2) is 11.5 Å². The van der Waals surface area contributed by atoms with Crippen molar-refractivity contribution in [1.82, 2.24) is 0 Å². The number of rotatable bonds is 19. The van der Waals surface area contributed by atoms with Gasteiger partial charge in [0.1, 0.15) is 25.2 Å². The molecule has 0 amide bonds. The maximum Gasteiger partial charge on any atom is 0.425 e. The van der Waals surface area contributed by atoms with E-state index in [1.807, 2.05) is 0 Å². The molecule has 0 aliphatic rings. The first-order valence-corrected chi connectivity index (χ1v) is 33.2. The Morgan fingerprint density at radius 1 is 0.454 bits per heavy atom. The van der Waals surface area contributed by atoms with Gasteiger partial charge in [-0.05, 0) is 156 Å². The van der Waals surface area contributed by atoms with Gasteiger partial charge < -0.3 is 14.9 Å². The largest absolute Gasteiger partial charge is 0.504 e. The minimum absolute atomic E-state index is 0.0174. The average molecular weight is 1450 g/mol. The van der Waals surface area contributed by atoms with Crippen molar-refractivity contribution in [3.05, 3.63) is 203 Å². The molecule has 97 heavy (non-hydrogen) atoms. The first-order chi connectivity index (χ1) is 45.6. The van der Waals surface area contributed by atoms with Gasteiger partial charge in [-0.2, -0.15) is 61.1 Å². The van der Waals surface area contributed by atoms with E-state index in [0.29, 0.717) is 50.7 Å². The molecule has 0 aliphatic carbocycles. The monoisotopic (exact) mass is 1450 g/mol. The van der Waals surface area contributed by atoms with Crippen molar-refractivity contribution in [2.24, 2.45) is 46.0 Å². The molecule has 8 aromatic rings. The molecule has 0 atom stereocenters. The Morgan fingerprint density at radius 3 is 1.27 bits per heavy atom. The summed E-state index contributed by atoms with van der Waals surface area (Å²) in [6.07, 6.45) is 6.39. The zero-order valence-electron chi connectivity index (χ0n) is 49.4. The van der Waals surface area contributed by atoms with Gasteiger partial charge in [0.25, 0.3) is 42.5 Å². The van der Waals surface area contributed by atoms with Crippen molar-refractivity contribution in [3.8, 4) is 11.5 Å². The van der Waals surface area contributed by atoms with E-state index in [1.54, 1.807) is 123 Å². The molecule has 8 aromatic carbocycles. The van der Waals surface area contributed by atoms with Gasteiger partial charge in [-0.15, -0.1) is 43.0 Å². The Labute approximate surface area is 554 Å². The van der Waals surface area contributed by atoms with Crippen LogP contribution in [0.15, 0.2) is 225 Å². The highest BCUT2D eigenvalue weighted by molar-refractivity contribution is 7.86. The summed E-state index contributed by atoms with van der Waals surface area (Å²) >= 11 is 0. The third-order valence-electron chi connectivity index (χ3n) is 11.6. The van der Waals surface area contributed by atoms with Crippen molar-refractivity contribution in [2.45, 2.75) is 28.5 Å². The zero-order chi connectivity index (χ0) is 72.2. The summed E-state index contributed by atoms with van der Waals surface area (Å²) in [5.74, 6) is -1.41. The molecule has 8 rings (SSSR count). The summed E-state index contributed by atoms with van der Waals surface area (Å²) in [7, 11) is -21.6.